The lowest BCUT2D eigenvalue weighted by Crippen LogP contribution is -2.37. The molecular weight excluding hydrogens is 203 g/mol. The smallest absolute Gasteiger partial charge is 0.195 e. The minimum absolute atomic E-state index is 0.0359. The molecule has 0 aromatic heterocycles. The SMILES string of the molecule is C[C@H]1CCCC(C)(C)[C@@H]1CS(=O)(=O)F. The van der Waals surface area contributed by atoms with Crippen molar-refractivity contribution in [1.82, 2.24) is 0 Å². The number of hydrogen-bond acceptors (Lipinski definition) is 2. The summed E-state index contributed by atoms with van der Waals surface area (Å²) in [4.78, 5) is 0. The van der Waals surface area contributed by atoms with Gasteiger partial charge in [-0.15, -0.1) is 3.89 Å². The van der Waals surface area contributed by atoms with Gasteiger partial charge in [0, 0.05) is 0 Å². The Hall–Kier alpha value is -0.120. The molecule has 0 bridgehead atoms. The second-order valence-electron chi connectivity index (χ2n) is 5.17. The fraction of sp³-hybridized carbons (Fsp3) is 1.00. The molecule has 1 saturated carbocycles. The maximum atomic E-state index is 12.7. The van der Waals surface area contributed by atoms with Crippen molar-refractivity contribution >= 4 is 10.2 Å². The van der Waals surface area contributed by atoms with Crippen molar-refractivity contribution in [2.24, 2.45) is 17.3 Å². The zero-order valence-corrected chi connectivity index (χ0v) is 9.90. The third-order valence-corrected chi connectivity index (χ3v) is 4.31. The van der Waals surface area contributed by atoms with Gasteiger partial charge in [0.15, 0.2) is 0 Å². The lowest BCUT2D eigenvalue weighted by molar-refractivity contribution is 0.101. The summed E-state index contributed by atoms with van der Waals surface area (Å²) in [6, 6.07) is 0. The monoisotopic (exact) mass is 222 g/mol. The Labute approximate surface area is 86.1 Å². The summed E-state index contributed by atoms with van der Waals surface area (Å²) in [5, 5.41) is 0. The molecule has 0 radical (unpaired) electrons. The van der Waals surface area contributed by atoms with Crippen molar-refractivity contribution in [2.45, 2.75) is 40.0 Å². The van der Waals surface area contributed by atoms with E-state index in [2.05, 4.69) is 0 Å². The highest BCUT2D eigenvalue weighted by molar-refractivity contribution is 7.86. The Morgan fingerprint density at radius 3 is 2.43 bits per heavy atom. The van der Waals surface area contributed by atoms with Gasteiger partial charge in [-0.05, 0) is 23.7 Å². The summed E-state index contributed by atoms with van der Waals surface area (Å²) in [6.07, 6.45) is 3.14. The molecule has 0 spiro atoms. The second kappa shape index (κ2) is 3.80. The summed E-state index contributed by atoms with van der Waals surface area (Å²) >= 11 is 0. The van der Waals surface area contributed by atoms with Crippen LogP contribution in [0.15, 0.2) is 0 Å². The minimum atomic E-state index is -4.33. The van der Waals surface area contributed by atoms with E-state index in [0.717, 1.165) is 19.3 Å². The predicted octanol–water partition coefficient (Wildman–Crippen LogP) is 2.75. The standard InChI is InChI=1S/C10H19FO2S/c1-8-5-4-6-10(2,3)9(8)7-14(11,12)13/h8-9H,4-7H2,1-3H3/t8-,9+/m0/s1. The molecule has 1 aliphatic rings. The first kappa shape index (κ1) is 12.0. The van der Waals surface area contributed by atoms with E-state index >= 15 is 0 Å². The summed E-state index contributed by atoms with van der Waals surface area (Å²) in [5.74, 6) is -0.0308. The van der Waals surface area contributed by atoms with Crippen LogP contribution < -0.4 is 0 Å². The van der Waals surface area contributed by atoms with Crippen LogP contribution in [0, 0.1) is 17.3 Å². The Kier molecular flexibility index (Phi) is 3.24. The normalized spacial score (nSPS) is 32.9. The van der Waals surface area contributed by atoms with E-state index in [1.165, 1.54) is 0 Å². The maximum absolute atomic E-state index is 12.7. The van der Waals surface area contributed by atoms with Crippen LogP contribution in [-0.4, -0.2) is 14.2 Å². The molecule has 84 valence electrons. The molecule has 0 aromatic carbocycles. The van der Waals surface area contributed by atoms with E-state index in [1.807, 2.05) is 20.8 Å². The van der Waals surface area contributed by atoms with E-state index in [1.54, 1.807) is 0 Å². The van der Waals surface area contributed by atoms with Crippen LogP contribution in [0.25, 0.3) is 0 Å². The molecule has 0 N–H and O–H groups in total. The Balaban J connectivity index is 2.81. The quantitative estimate of drug-likeness (QED) is 0.673. The largest absolute Gasteiger partial charge is 0.302 e. The van der Waals surface area contributed by atoms with Crippen LogP contribution in [0.2, 0.25) is 0 Å². The van der Waals surface area contributed by atoms with Crippen LogP contribution >= 0.6 is 0 Å². The molecule has 0 aromatic rings. The van der Waals surface area contributed by atoms with Gasteiger partial charge in [-0.25, -0.2) is 0 Å². The fourth-order valence-electron chi connectivity index (χ4n) is 2.64. The molecule has 0 heterocycles. The summed E-state index contributed by atoms with van der Waals surface area (Å²) in [7, 11) is -4.33. The van der Waals surface area contributed by atoms with Crippen molar-refractivity contribution in [3.8, 4) is 0 Å². The number of halogens is 1. The molecule has 14 heavy (non-hydrogen) atoms. The van der Waals surface area contributed by atoms with E-state index < -0.39 is 10.2 Å². The average Bonchev–Trinajstić information content (AvgIpc) is 1.95. The van der Waals surface area contributed by atoms with E-state index in [-0.39, 0.29) is 17.1 Å². The summed E-state index contributed by atoms with van der Waals surface area (Å²) < 4.78 is 34.0. The van der Waals surface area contributed by atoms with Crippen molar-refractivity contribution in [3.63, 3.8) is 0 Å². The molecule has 1 fully saturated rings. The molecule has 4 heteroatoms. The maximum Gasteiger partial charge on any atom is 0.302 e. The van der Waals surface area contributed by atoms with E-state index in [0.29, 0.717) is 5.92 Å². The van der Waals surface area contributed by atoms with Crippen molar-refractivity contribution in [3.05, 3.63) is 0 Å². The van der Waals surface area contributed by atoms with Crippen molar-refractivity contribution < 1.29 is 12.3 Å². The van der Waals surface area contributed by atoms with Crippen LogP contribution in [0.1, 0.15) is 40.0 Å². The van der Waals surface area contributed by atoms with Crippen molar-refractivity contribution in [1.29, 1.82) is 0 Å². The highest BCUT2D eigenvalue weighted by Crippen LogP contribution is 2.44. The molecule has 0 amide bonds. The molecule has 2 nitrogen and oxygen atoms in total. The van der Waals surface area contributed by atoms with Gasteiger partial charge in [-0.1, -0.05) is 33.6 Å². The zero-order valence-electron chi connectivity index (χ0n) is 9.09. The van der Waals surface area contributed by atoms with Gasteiger partial charge < -0.3 is 0 Å². The van der Waals surface area contributed by atoms with Gasteiger partial charge in [0.2, 0.25) is 0 Å². The summed E-state index contributed by atoms with van der Waals surface area (Å²) in [5.41, 5.74) is -0.0448. The fourth-order valence-corrected chi connectivity index (χ4v) is 3.85. The first-order chi connectivity index (χ1) is 6.22. The first-order valence-electron chi connectivity index (χ1n) is 5.15. The number of rotatable bonds is 2. The van der Waals surface area contributed by atoms with Crippen LogP contribution in [0.3, 0.4) is 0 Å². The van der Waals surface area contributed by atoms with E-state index in [9.17, 15) is 12.3 Å². The lowest BCUT2D eigenvalue weighted by atomic mass is 9.65. The van der Waals surface area contributed by atoms with Crippen LogP contribution in [-0.2, 0) is 10.2 Å². The Bertz CT molecular complexity index is 295. The minimum Gasteiger partial charge on any atom is -0.195 e. The number of hydrogen-bond donors (Lipinski definition) is 0. The molecule has 0 aliphatic heterocycles. The van der Waals surface area contributed by atoms with Gasteiger partial charge in [-0.3, -0.25) is 0 Å². The van der Waals surface area contributed by atoms with Crippen LogP contribution in [0.5, 0.6) is 0 Å². The molecule has 1 rings (SSSR count). The van der Waals surface area contributed by atoms with E-state index in [4.69, 9.17) is 0 Å². The Morgan fingerprint density at radius 2 is 2.00 bits per heavy atom. The topological polar surface area (TPSA) is 34.1 Å². The average molecular weight is 222 g/mol. The molecule has 0 unspecified atom stereocenters. The zero-order chi connectivity index (χ0) is 11.0. The first-order valence-corrected chi connectivity index (χ1v) is 6.70. The summed E-state index contributed by atoms with van der Waals surface area (Å²) in [6.45, 7) is 6.10. The predicted molar refractivity (Wildman–Crippen MR) is 55.2 cm³/mol. The molecule has 0 saturated heterocycles. The lowest BCUT2D eigenvalue weighted by Gasteiger charge is -2.42. The molecule has 2 atom stereocenters. The third kappa shape index (κ3) is 2.94. The molecule has 1 aliphatic carbocycles. The van der Waals surface area contributed by atoms with Gasteiger partial charge in [0.05, 0.1) is 5.75 Å². The third-order valence-electron chi connectivity index (χ3n) is 3.55. The van der Waals surface area contributed by atoms with Gasteiger partial charge in [0.1, 0.15) is 0 Å². The van der Waals surface area contributed by atoms with Gasteiger partial charge >= 0.3 is 10.2 Å². The van der Waals surface area contributed by atoms with Gasteiger partial charge in [0.25, 0.3) is 0 Å². The van der Waals surface area contributed by atoms with Gasteiger partial charge in [-0.2, -0.15) is 8.42 Å². The molecular formula is C10H19FO2S. The van der Waals surface area contributed by atoms with Crippen molar-refractivity contribution in [2.75, 3.05) is 5.75 Å². The highest BCUT2D eigenvalue weighted by atomic mass is 32.3. The highest BCUT2D eigenvalue weighted by Gasteiger charge is 2.39. The Morgan fingerprint density at radius 1 is 1.43 bits per heavy atom. The second-order valence-corrected chi connectivity index (χ2v) is 6.58. The van der Waals surface area contributed by atoms with Crippen LogP contribution in [0.4, 0.5) is 3.89 Å².